The Kier molecular flexibility index (Phi) is 7.37. The maximum absolute atomic E-state index is 13.1. The fourth-order valence-electron chi connectivity index (χ4n) is 3.47. The van der Waals surface area contributed by atoms with Crippen LogP contribution in [0, 0.1) is 27.7 Å². The molecule has 0 aliphatic heterocycles. The van der Waals surface area contributed by atoms with Gasteiger partial charge in [-0.3, -0.25) is 14.8 Å². The van der Waals surface area contributed by atoms with Crippen molar-refractivity contribution in [1.82, 2.24) is 15.1 Å². The largest absolute Gasteiger partial charge is 0.493 e. The van der Waals surface area contributed by atoms with Gasteiger partial charge in [-0.1, -0.05) is 12.1 Å². The number of nitrogens with one attached hydrogen (secondary N) is 2. The van der Waals surface area contributed by atoms with Crippen LogP contribution >= 0.6 is 0 Å². The van der Waals surface area contributed by atoms with Crippen molar-refractivity contribution in [1.29, 1.82) is 0 Å². The zero-order chi connectivity index (χ0) is 24.1. The lowest BCUT2D eigenvalue weighted by atomic mass is 10.1. The van der Waals surface area contributed by atoms with Crippen LogP contribution in [-0.4, -0.2) is 35.9 Å². The number of benzene rings is 2. The minimum Gasteiger partial charge on any atom is -0.493 e. The van der Waals surface area contributed by atoms with E-state index in [4.69, 9.17) is 14.5 Å². The number of carbonyl (C=O) groups is 1. The van der Waals surface area contributed by atoms with E-state index in [0.29, 0.717) is 29.6 Å². The summed E-state index contributed by atoms with van der Waals surface area (Å²) in [6, 6.07) is 11.1. The van der Waals surface area contributed by atoms with E-state index in [1.165, 1.54) is 7.11 Å². The lowest BCUT2D eigenvalue weighted by Crippen LogP contribution is -2.36. The number of rotatable bonds is 6. The fraction of sp³-hybridized carbons (Fsp3) is 0.320. The first-order chi connectivity index (χ1) is 15.7. The van der Waals surface area contributed by atoms with E-state index in [9.17, 15) is 4.79 Å². The van der Waals surface area contributed by atoms with E-state index >= 15 is 0 Å². The number of hydrogen-bond donors (Lipinski definition) is 2. The third kappa shape index (κ3) is 5.52. The monoisotopic (exact) mass is 449 g/mol. The van der Waals surface area contributed by atoms with Crippen molar-refractivity contribution >= 4 is 17.6 Å². The molecule has 0 atom stereocenters. The fourth-order valence-corrected chi connectivity index (χ4v) is 3.47. The predicted octanol–water partition coefficient (Wildman–Crippen LogP) is 4.07. The number of anilines is 1. The highest BCUT2D eigenvalue weighted by Gasteiger charge is 2.15. The minimum absolute atomic E-state index is 0.313. The molecule has 1 heterocycles. The molecule has 33 heavy (non-hydrogen) atoms. The standard InChI is InChI=1S/C25H31N5O3/c1-15-8-9-16(2)21(12-15)27-25(26-14-20-17(3)29-30(5)18(20)4)28-24(31)19-10-11-22(32-6)23(13-19)33-7/h8-13H,14H2,1-7H3,(H2,26,27,28,31). The molecule has 0 fully saturated rings. The van der Waals surface area contributed by atoms with E-state index in [1.54, 1.807) is 25.3 Å². The second kappa shape index (κ2) is 10.2. The van der Waals surface area contributed by atoms with E-state index in [-0.39, 0.29) is 5.91 Å². The average Bonchev–Trinajstić information content (AvgIpc) is 3.04. The van der Waals surface area contributed by atoms with Gasteiger partial charge in [0.2, 0.25) is 5.96 Å². The Balaban J connectivity index is 1.92. The van der Waals surface area contributed by atoms with Crippen LogP contribution in [-0.2, 0) is 13.6 Å². The summed E-state index contributed by atoms with van der Waals surface area (Å²) in [5, 5.41) is 10.7. The number of hydrogen-bond acceptors (Lipinski definition) is 5. The maximum atomic E-state index is 13.1. The van der Waals surface area contributed by atoms with E-state index in [0.717, 1.165) is 33.8 Å². The quantitative estimate of drug-likeness (QED) is 0.437. The van der Waals surface area contributed by atoms with Crippen molar-refractivity contribution in [2.75, 3.05) is 19.5 Å². The number of guanidine groups is 1. The lowest BCUT2D eigenvalue weighted by Gasteiger charge is -2.15. The van der Waals surface area contributed by atoms with Gasteiger partial charge in [0.05, 0.1) is 26.5 Å². The molecule has 0 unspecified atom stereocenters. The third-order valence-corrected chi connectivity index (χ3v) is 5.58. The molecule has 0 bridgehead atoms. The topological polar surface area (TPSA) is 89.8 Å². The van der Waals surface area contributed by atoms with Gasteiger partial charge in [0.25, 0.3) is 5.91 Å². The molecule has 3 aromatic rings. The Morgan fingerprint density at radius 2 is 1.76 bits per heavy atom. The molecule has 174 valence electrons. The Labute approximate surface area is 194 Å². The highest BCUT2D eigenvalue weighted by Crippen LogP contribution is 2.27. The molecular formula is C25H31N5O3. The van der Waals surface area contributed by atoms with Crippen LogP contribution in [0.1, 0.15) is 38.4 Å². The summed E-state index contributed by atoms with van der Waals surface area (Å²) in [4.78, 5) is 17.8. The number of methoxy groups -OCH3 is 2. The van der Waals surface area contributed by atoms with Crippen LogP contribution in [0.2, 0.25) is 0 Å². The van der Waals surface area contributed by atoms with Crippen LogP contribution in [0.25, 0.3) is 0 Å². The van der Waals surface area contributed by atoms with Gasteiger partial charge in [0, 0.05) is 29.6 Å². The highest BCUT2D eigenvalue weighted by molar-refractivity contribution is 6.10. The number of aliphatic imine (C=N–C) groups is 1. The van der Waals surface area contributed by atoms with Gasteiger partial charge in [-0.2, -0.15) is 5.10 Å². The van der Waals surface area contributed by atoms with Crippen LogP contribution in [0.4, 0.5) is 5.69 Å². The zero-order valence-electron chi connectivity index (χ0n) is 20.2. The van der Waals surface area contributed by atoms with Gasteiger partial charge in [-0.15, -0.1) is 0 Å². The summed E-state index contributed by atoms with van der Waals surface area (Å²) in [7, 11) is 5.00. The van der Waals surface area contributed by atoms with Crippen molar-refractivity contribution in [3.8, 4) is 11.5 Å². The van der Waals surface area contributed by atoms with Gasteiger partial charge in [-0.05, 0) is 63.1 Å². The summed E-state index contributed by atoms with van der Waals surface area (Å²) in [6.07, 6.45) is 0. The Hall–Kier alpha value is -3.81. The minimum atomic E-state index is -0.313. The highest BCUT2D eigenvalue weighted by atomic mass is 16.5. The first-order valence-electron chi connectivity index (χ1n) is 10.6. The van der Waals surface area contributed by atoms with Gasteiger partial charge in [0.1, 0.15) is 0 Å². The molecule has 1 aromatic heterocycles. The summed E-state index contributed by atoms with van der Waals surface area (Å²) >= 11 is 0. The smallest absolute Gasteiger partial charge is 0.258 e. The summed E-state index contributed by atoms with van der Waals surface area (Å²) in [6.45, 7) is 8.37. The molecule has 0 aliphatic rings. The average molecular weight is 450 g/mol. The molecule has 0 radical (unpaired) electrons. The Morgan fingerprint density at radius 3 is 2.39 bits per heavy atom. The molecule has 1 amide bonds. The Bertz CT molecular complexity index is 1200. The third-order valence-electron chi connectivity index (χ3n) is 5.58. The molecule has 2 N–H and O–H groups in total. The van der Waals surface area contributed by atoms with Gasteiger partial charge >= 0.3 is 0 Å². The van der Waals surface area contributed by atoms with Crippen LogP contribution in [0.5, 0.6) is 11.5 Å². The second-order valence-corrected chi connectivity index (χ2v) is 7.91. The summed E-state index contributed by atoms with van der Waals surface area (Å²) in [5.74, 6) is 1.07. The van der Waals surface area contributed by atoms with Crippen molar-refractivity contribution < 1.29 is 14.3 Å². The molecule has 3 rings (SSSR count). The summed E-state index contributed by atoms with van der Waals surface area (Å²) in [5.41, 5.74) is 6.43. The predicted molar refractivity (Wildman–Crippen MR) is 130 cm³/mol. The van der Waals surface area contributed by atoms with E-state index in [1.807, 2.05) is 57.6 Å². The number of ether oxygens (including phenoxy) is 2. The molecule has 0 spiro atoms. The second-order valence-electron chi connectivity index (χ2n) is 7.91. The van der Waals surface area contributed by atoms with Crippen molar-refractivity contribution in [2.24, 2.45) is 12.0 Å². The Morgan fingerprint density at radius 1 is 1.03 bits per heavy atom. The number of aromatic nitrogens is 2. The number of nitrogens with zero attached hydrogens (tertiary/aromatic N) is 3. The molecule has 8 heteroatoms. The van der Waals surface area contributed by atoms with E-state index < -0.39 is 0 Å². The van der Waals surface area contributed by atoms with Crippen molar-refractivity contribution in [3.05, 3.63) is 70.0 Å². The van der Waals surface area contributed by atoms with Crippen molar-refractivity contribution in [3.63, 3.8) is 0 Å². The SMILES string of the molecule is COc1ccc(C(=O)NC(=NCc2c(C)nn(C)c2C)Nc2cc(C)ccc2C)cc1OC. The number of amides is 1. The van der Waals surface area contributed by atoms with Gasteiger partial charge in [-0.25, -0.2) is 4.99 Å². The first kappa shape index (κ1) is 23.8. The maximum Gasteiger partial charge on any atom is 0.258 e. The zero-order valence-corrected chi connectivity index (χ0v) is 20.2. The van der Waals surface area contributed by atoms with Gasteiger partial charge in [0.15, 0.2) is 11.5 Å². The molecule has 2 aromatic carbocycles. The molecule has 0 saturated heterocycles. The normalized spacial score (nSPS) is 11.3. The molecular weight excluding hydrogens is 418 g/mol. The number of carbonyl (C=O) groups excluding carboxylic acids is 1. The molecule has 8 nitrogen and oxygen atoms in total. The number of aryl methyl sites for hydroxylation is 4. The van der Waals surface area contributed by atoms with E-state index in [2.05, 4.69) is 15.7 Å². The first-order valence-corrected chi connectivity index (χ1v) is 10.6. The molecule has 0 saturated carbocycles. The van der Waals surface area contributed by atoms with Crippen LogP contribution in [0.3, 0.4) is 0 Å². The van der Waals surface area contributed by atoms with Crippen LogP contribution < -0.4 is 20.1 Å². The van der Waals surface area contributed by atoms with Gasteiger partial charge < -0.3 is 14.8 Å². The molecule has 0 aliphatic carbocycles. The summed E-state index contributed by atoms with van der Waals surface area (Å²) < 4.78 is 12.4. The van der Waals surface area contributed by atoms with Crippen LogP contribution in [0.15, 0.2) is 41.4 Å². The lowest BCUT2D eigenvalue weighted by molar-refractivity contribution is 0.0976. The van der Waals surface area contributed by atoms with Crippen molar-refractivity contribution in [2.45, 2.75) is 34.2 Å².